The minimum absolute atomic E-state index is 0.545. The molecule has 0 unspecified atom stereocenters. The number of anilines is 1. The van der Waals surface area contributed by atoms with Crippen LogP contribution in [0.15, 0.2) is 0 Å². The fourth-order valence-corrected chi connectivity index (χ4v) is 2.23. The molecule has 74 valence electrons. The molecule has 1 aromatic heterocycles. The second kappa shape index (κ2) is 4.09. The minimum atomic E-state index is 0.545. The lowest BCUT2D eigenvalue weighted by molar-refractivity contribution is 0.630. The van der Waals surface area contributed by atoms with Crippen molar-refractivity contribution in [2.24, 2.45) is 5.92 Å². The van der Waals surface area contributed by atoms with Crippen LogP contribution < -0.4 is 5.73 Å². The Balaban J connectivity index is 2.91. The summed E-state index contributed by atoms with van der Waals surface area (Å²) in [6, 6.07) is 0. The Bertz CT molecular complexity index is 276. The second-order valence-corrected chi connectivity index (χ2v) is 5.18. The summed E-state index contributed by atoms with van der Waals surface area (Å²) in [5.41, 5.74) is 6.90. The first-order valence-electron chi connectivity index (χ1n) is 4.75. The summed E-state index contributed by atoms with van der Waals surface area (Å²) >= 11 is 1.63. The van der Waals surface area contributed by atoms with Crippen LogP contribution in [0.2, 0.25) is 0 Å². The van der Waals surface area contributed by atoms with Crippen molar-refractivity contribution in [3.8, 4) is 0 Å². The molecule has 0 aliphatic carbocycles. The highest BCUT2D eigenvalue weighted by atomic mass is 32.1. The summed E-state index contributed by atoms with van der Waals surface area (Å²) in [7, 11) is 0. The van der Waals surface area contributed by atoms with Crippen LogP contribution in [0.3, 0.4) is 0 Å². The van der Waals surface area contributed by atoms with Gasteiger partial charge >= 0.3 is 0 Å². The first-order chi connectivity index (χ1) is 6.00. The molecule has 0 aliphatic rings. The number of aromatic nitrogens is 1. The number of nitrogens with zero attached hydrogens (tertiary/aromatic N) is 1. The maximum atomic E-state index is 5.70. The highest BCUT2D eigenvalue weighted by Gasteiger charge is 2.13. The maximum absolute atomic E-state index is 5.70. The minimum Gasteiger partial charge on any atom is -0.375 e. The largest absolute Gasteiger partial charge is 0.375 e. The molecular weight excluding hydrogens is 180 g/mol. The van der Waals surface area contributed by atoms with Gasteiger partial charge in [-0.15, -0.1) is 11.3 Å². The van der Waals surface area contributed by atoms with Gasteiger partial charge in [0.05, 0.1) is 5.69 Å². The van der Waals surface area contributed by atoms with E-state index in [2.05, 4.69) is 32.7 Å². The summed E-state index contributed by atoms with van der Waals surface area (Å²) in [4.78, 5) is 5.72. The van der Waals surface area contributed by atoms with Gasteiger partial charge < -0.3 is 5.73 Å². The normalized spacial score (nSPS) is 11.5. The number of hydrogen-bond donors (Lipinski definition) is 1. The van der Waals surface area contributed by atoms with Gasteiger partial charge in [0.25, 0.3) is 0 Å². The standard InChI is InChI=1S/C10H18N2S/c1-6(2)5-8-9(7(3)4)13-10(11)12-8/h6-7H,5H2,1-4H3,(H2,11,12). The topological polar surface area (TPSA) is 38.9 Å². The van der Waals surface area contributed by atoms with E-state index >= 15 is 0 Å². The first kappa shape index (κ1) is 10.5. The molecule has 1 rings (SSSR count). The van der Waals surface area contributed by atoms with Crippen LogP contribution in [-0.2, 0) is 6.42 Å². The summed E-state index contributed by atoms with van der Waals surface area (Å²) in [6.07, 6.45) is 1.04. The van der Waals surface area contributed by atoms with Gasteiger partial charge in [-0.3, -0.25) is 0 Å². The smallest absolute Gasteiger partial charge is 0.180 e. The van der Waals surface area contributed by atoms with E-state index in [1.807, 2.05) is 0 Å². The third-order valence-electron chi connectivity index (χ3n) is 1.87. The van der Waals surface area contributed by atoms with E-state index < -0.39 is 0 Å². The van der Waals surface area contributed by atoms with Gasteiger partial charge in [-0.2, -0.15) is 0 Å². The van der Waals surface area contributed by atoms with Crippen LogP contribution in [0.5, 0.6) is 0 Å². The number of nitrogen functional groups attached to an aromatic ring is 1. The maximum Gasteiger partial charge on any atom is 0.180 e. The average molecular weight is 198 g/mol. The zero-order chi connectivity index (χ0) is 10.0. The fraction of sp³-hybridized carbons (Fsp3) is 0.700. The summed E-state index contributed by atoms with van der Waals surface area (Å²) in [5.74, 6) is 1.20. The van der Waals surface area contributed by atoms with Crippen molar-refractivity contribution in [1.82, 2.24) is 4.98 Å². The quantitative estimate of drug-likeness (QED) is 0.810. The molecule has 13 heavy (non-hydrogen) atoms. The SMILES string of the molecule is CC(C)Cc1nc(N)sc1C(C)C. The van der Waals surface area contributed by atoms with E-state index in [9.17, 15) is 0 Å². The van der Waals surface area contributed by atoms with E-state index in [0.29, 0.717) is 17.0 Å². The Labute approximate surface area is 84.2 Å². The van der Waals surface area contributed by atoms with E-state index in [0.717, 1.165) is 6.42 Å². The molecule has 1 aromatic rings. The fourth-order valence-electron chi connectivity index (χ4n) is 1.37. The molecule has 0 atom stereocenters. The number of rotatable bonds is 3. The molecule has 0 fully saturated rings. The van der Waals surface area contributed by atoms with Crippen LogP contribution in [0, 0.1) is 5.92 Å². The predicted octanol–water partition coefficient (Wildman–Crippen LogP) is 3.05. The number of thiazole rings is 1. The Morgan fingerprint density at radius 1 is 1.31 bits per heavy atom. The number of hydrogen-bond acceptors (Lipinski definition) is 3. The van der Waals surface area contributed by atoms with Gasteiger partial charge in [0, 0.05) is 4.88 Å². The molecule has 0 bridgehead atoms. The Morgan fingerprint density at radius 2 is 1.92 bits per heavy atom. The number of nitrogens with two attached hydrogens (primary N) is 1. The van der Waals surface area contributed by atoms with E-state index in [1.165, 1.54) is 10.6 Å². The molecule has 0 saturated heterocycles. The average Bonchev–Trinajstić information content (AvgIpc) is 2.29. The highest BCUT2D eigenvalue weighted by Crippen LogP contribution is 2.29. The van der Waals surface area contributed by atoms with Crippen molar-refractivity contribution in [2.45, 2.75) is 40.0 Å². The van der Waals surface area contributed by atoms with Gasteiger partial charge in [0.2, 0.25) is 0 Å². The van der Waals surface area contributed by atoms with Crippen molar-refractivity contribution in [1.29, 1.82) is 0 Å². The van der Waals surface area contributed by atoms with Crippen LogP contribution in [0.4, 0.5) is 5.13 Å². The Morgan fingerprint density at radius 3 is 2.38 bits per heavy atom. The summed E-state index contributed by atoms with van der Waals surface area (Å²) in [6.45, 7) is 8.80. The van der Waals surface area contributed by atoms with Crippen LogP contribution in [0.25, 0.3) is 0 Å². The van der Waals surface area contributed by atoms with E-state index in [1.54, 1.807) is 11.3 Å². The van der Waals surface area contributed by atoms with E-state index in [4.69, 9.17) is 5.73 Å². The molecule has 0 aromatic carbocycles. The van der Waals surface area contributed by atoms with Crippen LogP contribution >= 0.6 is 11.3 Å². The molecular formula is C10H18N2S. The zero-order valence-electron chi connectivity index (χ0n) is 8.79. The molecule has 1 heterocycles. The Hall–Kier alpha value is -0.570. The lowest BCUT2D eigenvalue weighted by Crippen LogP contribution is -1.99. The third-order valence-corrected chi connectivity index (χ3v) is 3.10. The van der Waals surface area contributed by atoms with Crippen LogP contribution in [0.1, 0.15) is 44.2 Å². The molecule has 3 heteroatoms. The van der Waals surface area contributed by atoms with Crippen molar-refractivity contribution in [2.75, 3.05) is 5.73 Å². The summed E-state index contributed by atoms with van der Waals surface area (Å²) < 4.78 is 0. The van der Waals surface area contributed by atoms with E-state index in [-0.39, 0.29) is 0 Å². The van der Waals surface area contributed by atoms with Gasteiger partial charge in [-0.1, -0.05) is 27.7 Å². The van der Waals surface area contributed by atoms with Crippen molar-refractivity contribution in [3.05, 3.63) is 10.6 Å². The van der Waals surface area contributed by atoms with Gasteiger partial charge in [-0.25, -0.2) is 4.98 Å². The van der Waals surface area contributed by atoms with Crippen molar-refractivity contribution >= 4 is 16.5 Å². The predicted molar refractivity (Wildman–Crippen MR) is 59.2 cm³/mol. The molecule has 0 aliphatic heterocycles. The highest BCUT2D eigenvalue weighted by molar-refractivity contribution is 7.15. The lowest BCUT2D eigenvalue weighted by atomic mass is 10.0. The monoisotopic (exact) mass is 198 g/mol. The molecule has 2 N–H and O–H groups in total. The molecule has 2 nitrogen and oxygen atoms in total. The second-order valence-electron chi connectivity index (χ2n) is 4.12. The molecule has 0 spiro atoms. The third kappa shape index (κ3) is 2.69. The van der Waals surface area contributed by atoms with Crippen LogP contribution in [-0.4, -0.2) is 4.98 Å². The lowest BCUT2D eigenvalue weighted by Gasteiger charge is -2.06. The Kier molecular flexibility index (Phi) is 3.31. The summed E-state index contributed by atoms with van der Waals surface area (Å²) in [5, 5.41) is 0.708. The van der Waals surface area contributed by atoms with Gasteiger partial charge in [0.1, 0.15) is 0 Å². The molecule has 0 amide bonds. The zero-order valence-corrected chi connectivity index (χ0v) is 9.61. The molecule has 0 saturated carbocycles. The van der Waals surface area contributed by atoms with Gasteiger partial charge in [0.15, 0.2) is 5.13 Å². The molecule has 0 radical (unpaired) electrons. The van der Waals surface area contributed by atoms with Crippen molar-refractivity contribution in [3.63, 3.8) is 0 Å². The van der Waals surface area contributed by atoms with Crippen molar-refractivity contribution < 1.29 is 0 Å². The first-order valence-corrected chi connectivity index (χ1v) is 5.57. The van der Waals surface area contributed by atoms with Gasteiger partial charge in [-0.05, 0) is 18.3 Å².